The second-order valence-corrected chi connectivity index (χ2v) is 7.04. The number of halogens is 1. The minimum atomic E-state index is -0.0748. The van der Waals surface area contributed by atoms with Crippen LogP contribution in [0.4, 0.5) is 5.69 Å². The van der Waals surface area contributed by atoms with E-state index in [-0.39, 0.29) is 48.9 Å². The monoisotopic (exact) mass is 491 g/mol. The predicted molar refractivity (Wildman–Crippen MR) is 116 cm³/mol. The highest BCUT2D eigenvalue weighted by Gasteiger charge is 2.28. The van der Waals surface area contributed by atoms with Gasteiger partial charge in [-0.1, -0.05) is 13.8 Å². The van der Waals surface area contributed by atoms with Crippen LogP contribution in [0.25, 0.3) is 0 Å². The normalized spacial score (nSPS) is 15.0. The van der Waals surface area contributed by atoms with Crippen molar-refractivity contribution in [2.75, 3.05) is 51.7 Å². The van der Waals surface area contributed by atoms with Crippen LogP contribution in [0.1, 0.15) is 13.8 Å². The molecule has 27 heavy (non-hydrogen) atoms. The third-order valence-electron chi connectivity index (χ3n) is 4.05. The van der Waals surface area contributed by atoms with Crippen molar-refractivity contribution in [1.82, 2.24) is 24.9 Å². The Balaban J connectivity index is 0.00000364. The van der Waals surface area contributed by atoms with Gasteiger partial charge in [0, 0.05) is 47.0 Å². The van der Waals surface area contributed by atoms with E-state index in [2.05, 4.69) is 29.3 Å². The molecule has 1 saturated heterocycles. The third-order valence-corrected chi connectivity index (χ3v) is 4.05. The van der Waals surface area contributed by atoms with Gasteiger partial charge in [0.1, 0.15) is 13.1 Å². The minimum absolute atomic E-state index is 0. The predicted octanol–water partition coefficient (Wildman–Crippen LogP) is 0.377. The lowest BCUT2D eigenvalue weighted by Crippen LogP contribution is -2.55. The Morgan fingerprint density at radius 1 is 1.37 bits per heavy atom. The fourth-order valence-corrected chi connectivity index (χ4v) is 2.52. The van der Waals surface area contributed by atoms with E-state index in [0.29, 0.717) is 25.0 Å². The molecule has 0 aliphatic carbocycles. The molecule has 1 aliphatic rings. The lowest BCUT2D eigenvalue weighted by molar-refractivity contribution is -0.127. The van der Waals surface area contributed by atoms with Crippen molar-refractivity contribution in [1.29, 1.82) is 0 Å². The average molecular weight is 491 g/mol. The summed E-state index contributed by atoms with van der Waals surface area (Å²) < 4.78 is 1.68. The lowest BCUT2D eigenvalue weighted by atomic mass is 10.2. The van der Waals surface area contributed by atoms with Gasteiger partial charge in [-0.3, -0.25) is 14.3 Å². The second-order valence-electron chi connectivity index (χ2n) is 7.04. The Hall–Kier alpha value is -1.85. The Morgan fingerprint density at radius 2 is 2.07 bits per heavy atom. The molecule has 2 heterocycles. The molecule has 10 heteroatoms. The molecule has 0 atom stereocenters. The summed E-state index contributed by atoms with van der Waals surface area (Å²) in [6.07, 6.45) is 3.52. The number of hydrogen-bond acceptors (Lipinski definition) is 4. The molecule has 2 rings (SSSR count). The van der Waals surface area contributed by atoms with Crippen molar-refractivity contribution < 1.29 is 9.59 Å². The molecule has 152 valence electrons. The first-order valence-electron chi connectivity index (χ1n) is 8.80. The van der Waals surface area contributed by atoms with Gasteiger partial charge in [0.2, 0.25) is 11.8 Å². The first-order chi connectivity index (χ1) is 12.3. The Bertz CT molecular complexity index is 672. The molecule has 1 aromatic rings. The molecule has 0 bridgehead atoms. The smallest absolute Gasteiger partial charge is 0.246 e. The second kappa shape index (κ2) is 10.5. The maximum absolute atomic E-state index is 12.6. The molecule has 1 fully saturated rings. The summed E-state index contributed by atoms with van der Waals surface area (Å²) >= 11 is 0. The number of anilines is 1. The van der Waals surface area contributed by atoms with E-state index in [4.69, 9.17) is 0 Å². The highest BCUT2D eigenvalue weighted by Crippen LogP contribution is 2.16. The molecule has 0 aromatic carbocycles. The van der Waals surface area contributed by atoms with Crippen LogP contribution in [0.15, 0.2) is 17.4 Å². The van der Waals surface area contributed by atoms with Gasteiger partial charge in [-0.2, -0.15) is 5.10 Å². The maximum Gasteiger partial charge on any atom is 0.246 e. The topological polar surface area (TPSA) is 86.1 Å². The minimum Gasteiger partial charge on any atom is -0.356 e. The Labute approximate surface area is 177 Å². The molecular formula is C17H30IN7O2. The van der Waals surface area contributed by atoms with Crippen LogP contribution < -0.4 is 10.2 Å². The van der Waals surface area contributed by atoms with Gasteiger partial charge >= 0.3 is 0 Å². The number of likely N-dealkylation sites (N-methyl/N-ethyl adjacent to an activating group) is 1. The summed E-state index contributed by atoms with van der Waals surface area (Å²) in [7, 11) is 5.23. The van der Waals surface area contributed by atoms with Crippen molar-refractivity contribution in [3.05, 3.63) is 12.4 Å². The Morgan fingerprint density at radius 3 is 2.59 bits per heavy atom. The number of amides is 2. The molecule has 1 N–H and O–H groups in total. The zero-order chi connectivity index (χ0) is 19.3. The molecule has 0 radical (unpaired) electrons. The number of piperazine rings is 1. The number of nitrogens with zero attached hydrogens (tertiary/aromatic N) is 6. The average Bonchev–Trinajstić information content (AvgIpc) is 3.00. The summed E-state index contributed by atoms with van der Waals surface area (Å²) in [4.78, 5) is 34.0. The van der Waals surface area contributed by atoms with Crippen molar-refractivity contribution in [3.63, 3.8) is 0 Å². The first kappa shape index (κ1) is 23.2. The standard InChI is InChI=1S/C17H29N7O2.HI/c1-13(2)8-18-17(19-10-15(25)21(3)4)23-6-7-24(16(26)12-23)14-9-20-22(5)11-14;/h9,11,13H,6-8,10,12H2,1-5H3,(H,18,19);1H. The zero-order valence-electron chi connectivity index (χ0n) is 16.7. The number of guanidine groups is 1. The van der Waals surface area contributed by atoms with Gasteiger partial charge in [-0.05, 0) is 5.92 Å². The van der Waals surface area contributed by atoms with Gasteiger partial charge in [0.25, 0.3) is 0 Å². The molecule has 2 amide bonds. The molecule has 0 unspecified atom stereocenters. The number of carbonyl (C=O) groups is 2. The largest absolute Gasteiger partial charge is 0.356 e. The van der Waals surface area contributed by atoms with E-state index < -0.39 is 0 Å². The molecule has 0 saturated carbocycles. The Kier molecular flexibility index (Phi) is 9.00. The molecule has 1 aromatic heterocycles. The van der Waals surface area contributed by atoms with Crippen LogP contribution in [0, 0.1) is 5.92 Å². The third kappa shape index (κ3) is 6.67. The number of nitrogens with one attached hydrogen (secondary N) is 1. The van der Waals surface area contributed by atoms with E-state index in [1.54, 1.807) is 29.9 Å². The van der Waals surface area contributed by atoms with Gasteiger partial charge in [0.05, 0.1) is 11.9 Å². The summed E-state index contributed by atoms with van der Waals surface area (Å²) in [6, 6.07) is 0. The fraction of sp³-hybridized carbons (Fsp3) is 0.647. The van der Waals surface area contributed by atoms with Crippen molar-refractivity contribution in [3.8, 4) is 0 Å². The first-order valence-corrected chi connectivity index (χ1v) is 8.80. The van der Waals surface area contributed by atoms with Crippen LogP contribution in [0.2, 0.25) is 0 Å². The number of aromatic nitrogens is 2. The van der Waals surface area contributed by atoms with Gasteiger partial charge in [0.15, 0.2) is 5.96 Å². The van der Waals surface area contributed by atoms with Crippen LogP contribution >= 0.6 is 24.0 Å². The van der Waals surface area contributed by atoms with Crippen LogP contribution in [-0.2, 0) is 16.6 Å². The van der Waals surface area contributed by atoms with Crippen molar-refractivity contribution >= 4 is 47.4 Å². The number of aryl methyl sites for hydroxylation is 1. The van der Waals surface area contributed by atoms with Gasteiger partial charge in [-0.15, -0.1) is 24.0 Å². The fourth-order valence-electron chi connectivity index (χ4n) is 2.52. The SMILES string of the molecule is CC(C)CNC(=NCC(=O)N(C)C)N1CCN(c2cnn(C)c2)C(=O)C1.I. The lowest BCUT2D eigenvalue weighted by Gasteiger charge is -2.35. The number of hydrogen-bond donors (Lipinski definition) is 1. The van der Waals surface area contributed by atoms with Gasteiger partial charge in [-0.25, -0.2) is 4.99 Å². The van der Waals surface area contributed by atoms with Crippen LogP contribution in [0.5, 0.6) is 0 Å². The molecule has 1 aliphatic heterocycles. The van der Waals surface area contributed by atoms with E-state index in [9.17, 15) is 9.59 Å². The zero-order valence-corrected chi connectivity index (χ0v) is 19.0. The maximum atomic E-state index is 12.6. The van der Waals surface area contributed by atoms with E-state index in [1.165, 1.54) is 4.90 Å². The highest BCUT2D eigenvalue weighted by molar-refractivity contribution is 14.0. The quantitative estimate of drug-likeness (QED) is 0.366. The number of rotatable bonds is 5. The molecule has 9 nitrogen and oxygen atoms in total. The summed E-state index contributed by atoms with van der Waals surface area (Å²) in [6.45, 7) is 6.39. The van der Waals surface area contributed by atoms with Crippen LogP contribution in [-0.4, -0.2) is 84.2 Å². The van der Waals surface area contributed by atoms with E-state index in [1.807, 2.05) is 18.1 Å². The molecular weight excluding hydrogens is 461 g/mol. The number of carbonyl (C=O) groups excluding carboxylic acids is 2. The number of aliphatic imine (C=N–C) groups is 1. The summed E-state index contributed by atoms with van der Waals surface area (Å²) in [5.74, 6) is 0.946. The summed E-state index contributed by atoms with van der Waals surface area (Å²) in [5.41, 5.74) is 0.800. The van der Waals surface area contributed by atoms with Crippen LogP contribution in [0.3, 0.4) is 0 Å². The van der Waals surface area contributed by atoms with Gasteiger partial charge < -0.3 is 20.0 Å². The van der Waals surface area contributed by atoms with Crippen molar-refractivity contribution in [2.24, 2.45) is 18.0 Å². The van der Waals surface area contributed by atoms with E-state index in [0.717, 1.165) is 12.2 Å². The van der Waals surface area contributed by atoms with Crippen molar-refractivity contribution in [2.45, 2.75) is 13.8 Å². The summed E-state index contributed by atoms with van der Waals surface area (Å²) in [5, 5.41) is 7.41. The molecule has 0 spiro atoms. The highest BCUT2D eigenvalue weighted by atomic mass is 127. The van der Waals surface area contributed by atoms with E-state index >= 15 is 0 Å².